The molecule has 3 N–H and O–H groups in total. The van der Waals surface area contributed by atoms with Crippen molar-refractivity contribution in [1.82, 2.24) is 0 Å². The molecule has 1 rings (SSSR count). The normalized spacial score (nSPS) is 15.4. The molecule has 0 aliphatic carbocycles. The fourth-order valence-corrected chi connectivity index (χ4v) is 1.72. The predicted molar refractivity (Wildman–Crippen MR) is 66.9 cm³/mol. The van der Waals surface area contributed by atoms with Gasteiger partial charge in [-0.2, -0.15) is 0 Å². The maximum atomic E-state index is 9.98. The molecular weight excluding hydrogens is 277 g/mol. The third-order valence-electron chi connectivity index (χ3n) is 2.42. The van der Waals surface area contributed by atoms with E-state index in [1.807, 2.05) is 26.0 Å². The molecule has 0 fully saturated rings. The number of benzene rings is 1. The molecule has 1 aromatic rings. The van der Waals surface area contributed by atoms with Gasteiger partial charge in [-0.05, 0) is 39.5 Å². The Bertz CT molecular complexity index is 343. The largest absolute Gasteiger partial charge is 0.387 e. The van der Waals surface area contributed by atoms with Gasteiger partial charge in [-0.15, -0.1) is 0 Å². The van der Waals surface area contributed by atoms with Crippen LogP contribution in [0, 0.1) is 5.92 Å². The molecular formula is C11H15BrClNO. The molecule has 2 unspecified atom stereocenters. The highest BCUT2D eigenvalue weighted by Crippen LogP contribution is 2.28. The van der Waals surface area contributed by atoms with E-state index < -0.39 is 6.10 Å². The van der Waals surface area contributed by atoms with Gasteiger partial charge < -0.3 is 10.8 Å². The zero-order valence-corrected chi connectivity index (χ0v) is 11.1. The van der Waals surface area contributed by atoms with Crippen LogP contribution in [-0.4, -0.2) is 11.1 Å². The summed E-state index contributed by atoms with van der Waals surface area (Å²) in [6.45, 7) is 3.96. The number of aliphatic hydroxyl groups excluding tert-OH is 1. The monoisotopic (exact) mass is 291 g/mol. The quantitative estimate of drug-likeness (QED) is 0.899. The number of nitrogens with two attached hydrogens (primary N) is 1. The minimum absolute atomic E-state index is 0.224. The molecule has 1 aromatic carbocycles. The molecule has 0 heterocycles. The Balaban J connectivity index is 2.91. The van der Waals surface area contributed by atoms with Crippen molar-refractivity contribution in [3.05, 3.63) is 33.3 Å². The lowest BCUT2D eigenvalue weighted by atomic mass is 9.94. The standard InChI is InChI=1S/C11H15BrClNO/c1-6(2)10(14)11(15)7-3-4-8(12)9(13)5-7/h3-6,10-11,15H,14H2,1-2H3. The van der Waals surface area contributed by atoms with Gasteiger partial charge in [-0.3, -0.25) is 0 Å². The zero-order valence-electron chi connectivity index (χ0n) is 8.74. The zero-order chi connectivity index (χ0) is 11.6. The predicted octanol–water partition coefficient (Wildman–Crippen LogP) is 3.12. The van der Waals surface area contributed by atoms with Gasteiger partial charge in [0.1, 0.15) is 0 Å². The van der Waals surface area contributed by atoms with E-state index in [9.17, 15) is 5.11 Å². The number of hydrogen-bond acceptors (Lipinski definition) is 2. The minimum Gasteiger partial charge on any atom is -0.387 e. The summed E-state index contributed by atoms with van der Waals surface area (Å²) in [4.78, 5) is 0. The maximum Gasteiger partial charge on any atom is 0.0943 e. The van der Waals surface area contributed by atoms with Gasteiger partial charge in [0, 0.05) is 10.5 Å². The van der Waals surface area contributed by atoms with Crippen molar-refractivity contribution in [3.8, 4) is 0 Å². The Morgan fingerprint density at radius 1 is 1.40 bits per heavy atom. The third-order valence-corrected chi connectivity index (χ3v) is 3.65. The van der Waals surface area contributed by atoms with E-state index in [1.165, 1.54) is 0 Å². The maximum absolute atomic E-state index is 9.98. The van der Waals surface area contributed by atoms with Crippen molar-refractivity contribution < 1.29 is 5.11 Å². The Labute approximate surface area is 104 Å². The number of halogens is 2. The van der Waals surface area contributed by atoms with Crippen molar-refractivity contribution in [2.75, 3.05) is 0 Å². The summed E-state index contributed by atoms with van der Waals surface area (Å²) in [5.41, 5.74) is 6.63. The van der Waals surface area contributed by atoms with Crippen LogP contribution in [0.4, 0.5) is 0 Å². The molecule has 2 atom stereocenters. The molecule has 0 saturated carbocycles. The van der Waals surface area contributed by atoms with Crippen LogP contribution in [0.1, 0.15) is 25.5 Å². The molecule has 0 spiro atoms. The molecule has 84 valence electrons. The van der Waals surface area contributed by atoms with Crippen LogP contribution in [0.15, 0.2) is 22.7 Å². The minimum atomic E-state index is -0.671. The molecule has 0 radical (unpaired) electrons. The first-order valence-electron chi connectivity index (χ1n) is 4.82. The lowest BCUT2D eigenvalue weighted by Crippen LogP contribution is -2.33. The first-order chi connectivity index (χ1) is 6.93. The van der Waals surface area contributed by atoms with Gasteiger partial charge in [0.05, 0.1) is 11.1 Å². The second kappa shape index (κ2) is 5.30. The Morgan fingerprint density at radius 2 is 2.00 bits per heavy atom. The highest BCUT2D eigenvalue weighted by Gasteiger charge is 2.20. The van der Waals surface area contributed by atoms with Gasteiger partial charge >= 0.3 is 0 Å². The first kappa shape index (κ1) is 13.0. The molecule has 0 saturated heterocycles. The average molecular weight is 293 g/mol. The molecule has 0 amide bonds. The van der Waals surface area contributed by atoms with Crippen LogP contribution in [0.2, 0.25) is 5.02 Å². The van der Waals surface area contributed by atoms with Crippen LogP contribution in [0.3, 0.4) is 0 Å². The summed E-state index contributed by atoms with van der Waals surface area (Å²) in [6.07, 6.45) is -0.671. The molecule has 0 aliphatic rings. The highest BCUT2D eigenvalue weighted by molar-refractivity contribution is 9.10. The fourth-order valence-electron chi connectivity index (χ4n) is 1.28. The van der Waals surface area contributed by atoms with Crippen molar-refractivity contribution in [2.24, 2.45) is 11.7 Å². The second-order valence-corrected chi connectivity index (χ2v) is 5.20. The Morgan fingerprint density at radius 3 is 2.47 bits per heavy atom. The molecule has 2 nitrogen and oxygen atoms in total. The van der Waals surface area contributed by atoms with E-state index >= 15 is 0 Å². The number of rotatable bonds is 3. The average Bonchev–Trinajstić information content (AvgIpc) is 2.19. The number of hydrogen-bond donors (Lipinski definition) is 2. The summed E-state index contributed by atoms with van der Waals surface area (Å²) in [5, 5.41) is 10.6. The van der Waals surface area contributed by atoms with E-state index in [2.05, 4.69) is 15.9 Å². The van der Waals surface area contributed by atoms with Gasteiger partial charge in [0.2, 0.25) is 0 Å². The van der Waals surface area contributed by atoms with E-state index in [4.69, 9.17) is 17.3 Å². The van der Waals surface area contributed by atoms with Crippen molar-refractivity contribution >= 4 is 27.5 Å². The van der Waals surface area contributed by atoms with Crippen molar-refractivity contribution in [1.29, 1.82) is 0 Å². The number of aliphatic hydroxyl groups is 1. The molecule has 4 heteroatoms. The summed E-state index contributed by atoms with van der Waals surface area (Å²) in [6, 6.07) is 5.09. The highest BCUT2D eigenvalue weighted by atomic mass is 79.9. The molecule has 0 aliphatic heterocycles. The van der Waals surface area contributed by atoms with Crippen LogP contribution in [0.5, 0.6) is 0 Å². The Hall–Kier alpha value is -0.0900. The van der Waals surface area contributed by atoms with Gasteiger partial charge in [0.25, 0.3) is 0 Å². The van der Waals surface area contributed by atoms with Crippen molar-refractivity contribution in [2.45, 2.75) is 26.0 Å². The summed E-state index contributed by atoms with van der Waals surface area (Å²) < 4.78 is 0.818. The third kappa shape index (κ3) is 3.18. The van der Waals surface area contributed by atoms with Gasteiger partial charge in [-0.1, -0.05) is 31.5 Å². The lowest BCUT2D eigenvalue weighted by molar-refractivity contribution is 0.126. The summed E-state index contributed by atoms with van der Waals surface area (Å²) in [7, 11) is 0. The Kier molecular flexibility index (Phi) is 4.59. The van der Waals surface area contributed by atoms with Crippen LogP contribution < -0.4 is 5.73 Å². The summed E-state index contributed by atoms with van der Waals surface area (Å²) in [5.74, 6) is 0.224. The van der Waals surface area contributed by atoms with E-state index in [-0.39, 0.29) is 12.0 Å². The second-order valence-electron chi connectivity index (χ2n) is 3.94. The smallest absolute Gasteiger partial charge is 0.0943 e. The summed E-state index contributed by atoms with van der Waals surface area (Å²) >= 11 is 9.24. The molecule has 15 heavy (non-hydrogen) atoms. The lowest BCUT2D eigenvalue weighted by Gasteiger charge is -2.22. The van der Waals surface area contributed by atoms with Crippen LogP contribution in [-0.2, 0) is 0 Å². The first-order valence-corrected chi connectivity index (χ1v) is 5.99. The fraction of sp³-hybridized carbons (Fsp3) is 0.455. The SMILES string of the molecule is CC(C)C(N)C(O)c1ccc(Br)c(Cl)c1. The molecule has 0 bridgehead atoms. The van der Waals surface area contributed by atoms with Crippen LogP contribution in [0.25, 0.3) is 0 Å². The van der Waals surface area contributed by atoms with E-state index in [0.717, 1.165) is 10.0 Å². The van der Waals surface area contributed by atoms with E-state index in [0.29, 0.717) is 5.02 Å². The topological polar surface area (TPSA) is 46.2 Å². The van der Waals surface area contributed by atoms with E-state index in [1.54, 1.807) is 6.07 Å². The van der Waals surface area contributed by atoms with Gasteiger partial charge in [0.15, 0.2) is 0 Å². The molecule has 0 aromatic heterocycles. The van der Waals surface area contributed by atoms with Crippen LogP contribution >= 0.6 is 27.5 Å². The van der Waals surface area contributed by atoms with Crippen molar-refractivity contribution in [3.63, 3.8) is 0 Å². The van der Waals surface area contributed by atoms with Gasteiger partial charge in [-0.25, -0.2) is 0 Å².